The van der Waals surface area contributed by atoms with Gasteiger partial charge in [-0.05, 0) is 31.1 Å². The van der Waals surface area contributed by atoms with Crippen LogP contribution >= 0.6 is 0 Å². The fourth-order valence-corrected chi connectivity index (χ4v) is 5.72. The zero-order chi connectivity index (χ0) is 24.2. The molecule has 2 unspecified atom stereocenters. The molecule has 0 bridgehead atoms. The van der Waals surface area contributed by atoms with E-state index in [0.717, 1.165) is 12.8 Å². The highest BCUT2D eigenvalue weighted by molar-refractivity contribution is 8.04. The van der Waals surface area contributed by atoms with E-state index in [0.29, 0.717) is 13.5 Å². The maximum absolute atomic E-state index is 12.8. The van der Waals surface area contributed by atoms with Gasteiger partial charge >= 0.3 is 21.5 Å². The highest BCUT2D eigenvalue weighted by atomic mass is 32.3. The first-order chi connectivity index (χ1) is 13.3. The van der Waals surface area contributed by atoms with Crippen LogP contribution in [0.4, 0.5) is 13.2 Å². The third-order valence-electron chi connectivity index (χ3n) is 5.77. The van der Waals surface area contributed by atoms with Gasteiger partial charge in [0.2, 0.25) is 10.0 Å². The highest BCUT2D eigenvalue weighted by Crippen LogP contribution is 2.43. The summed E-state index contributed by atoms with van der Waals surface area (Å²) in [4.78, 5) is 12.8. The van der Waals surface area contributed by atoms with Crippen LogP contribution in [-0.4, -0.2) is 51.4 Å². The van der Waals surface area contributed by atoms with Gasteiger partial charge in [0, 0.05) is 7.05 Å². The van der Waals surface area contributed by atoms with E-state index in [1.54, 1.807) is 6.92 Å². The van der Waals surface area contributed by atoms with Gasteiger partial charge in [-0.25, -0.2) is 16.8 Å². The van der Waals surface area contributed by atoms with Crippen LogP contribution in [0.1, 0.15) is 67.2 Å². The van der Waals surface area contributed by atoms with Gasteiger partial charge < -0.3 is 4.74 Å². The molecule has 0 aromatic carbocycles. The number of carbonyl (C=O) groups is 1. The smallest absolute Gasteiger partial charge is 0.465 e. The maximum Gasteiger partial charge on any atom is 0.512 e. The molecule has 0 fully saturated rings. The molecule has 0 saturated heterocycles. The lowest BCUT2D eigenvalue weighted by atomic mass is 9.66. The SMILES string of the molecule is CCC(C)C(C)(CC(C)(C)CC)C(=O)OCCCS(=O)(=O)N(C)S(=O)(=O)C(F)(F)F. The molecule has 0 amide bonds. The zero-order valence-corrected chi connectivity index (χ0v) is 20.3. The summed E-state index contributed by atoms with van der Waals surface area (Å²) in [7, 11) is -10.4. The first-order valence-electron chi connectivity index (χ1n) is 9.73. The number of nitrogens with zero attached hydrogens (tertiary/aromatic N) is 1. The molecular formula is C18H34F3NO6S2. The zero-order valence-electron chi connectivity index (χ0n) is 18.7. The number of halogens is 3. The highest BCUT2D eigenvalue weighted by Gasteiger charge is 2.52. The standard InChI is InChI=1S/C18H34F3NO6S2/c1-8-14(3)17(6,13-16(4,5)9-2)15(23)28-11-10-12-29(24,25)22(7)30(26,27)18(19,20)21/h14H,8-13H2,1-7H3. The Morgan fingerprint density at radius 3 is 1.97 bits per heavy atom. The molecule has 180 valence electrons. The lowest BCUT2D eigenvalue weighted by Crippen LogP contribution is -2.43. The van der Waals surface area contributed by atoms with Crippen molar-refractivity contribution in [3.05, 3.63) is 0 Å². The molecule has 0 spiro atoms. The molecule has 0 aliphatic heterocycles. The van der Waals surface area contributed by atoms with Gasteiger partial charge in [0.25, 0.3) is 0 Å². The van der Waals surface area contributed by atoms with E-state index in [2.05, 4.69) is 0 Å². The Hall–Kier alpha value is -0.880. The number of hydrogen-bond acceptors (Lipinski definition) is 6. The van der Waals surface area contributed by atoms with E-state index in [-0.39, 0.29) is 24.4 Å². The topological polar surface area (TPSA) is 97.8 Å². The van der Waals surface area contributed by atoms with Crippen LogP contribution in [0.3, 0.4) is 0 Å². The van der Waals surface area contributed by atoms with E-state index >= 15 is 0 Å². The summed E-state index contributed by atoms with van der Waals surface area (Å²) in [6.45, 7) is 11.4. The van der Waals surface area contributed by atoms with Crippen LogP contribution in [0.5, 0.6) is 0 Å². The number of alkyl halides is 3. The Bertz CT molecular complexity index is 793. The van der Waals surface area contributed by atoms with Gasteiger partial charge in [0.05, 0.1) is 17.8 Å². The van der Waals surface area contributed by atoms with Crippen molar-refractivity contribution >= 4 is 26.0 Å². The largest absolute Gasteiger partial charge is 0.512 e. The second-order valence-electron chi connectivity index (χ2n) is 8.56. The van der Waals surface area contributed by atoms with Crippen LogP contribution < -0.4 is 0 Å². The van der Waals surface area contributed by atoms with Crippen molar-refractivity contribution in [1.82, 2.24) is 3.71 Å². The van der Waals surface area contributed by atoms with Crippen molar-refractivity contribution in [1.29, 1.82) is 0 Å². The van der Waals surface area contributed by atoms with E-state index in [1.165, 1.54) is 0 Å². The molecule has 0 aromatic rings. The Morgan fingerprint density at radius 2 is 1.57 bits per heavy atom. The third kappa shape index (κ3) is 7.08. The van der Waals surface area contributed by atoms with Gasteiger partial charge in [-0.1, -0.05) is 51.2 Å². The van der Waals surface area contributed by atoms with Crippen molar-refractivity contribution in [2.24, 2.45) is 16.7 Å². The number of esters is 1. The molecule has 7 nitrogen and oxygen atoms in total. The van der Waals surface area contributed by atoms with Gasteiger partial charge in [-0.2, -0.15) is 13.2 Å². The quantitative estimate of drug-likeness (QED) is 0.310. The summed E-state index contributed by atoms with van der Waals surface area (Å²) in [6, 6.07) is 0. The Kier molecular flexibility index (Phi) is 9.86. The minimum Gasteiger partial charge on any atom is -0.465 e. The number of ether oxygens (including phenoxy) is 1. The molecule has 0 aromatic heterocycles. The van der Waals surface area contributed by atoms with Crippen LogP contribution in [0.2, 0.25) is 0 Å². The minimum absolute atomic E-state index is 0.0115. The van der Waals surface area contributed by atoms with E-state index < -0.39 is 46.4 Å². The Morgan fingerprint density at radius 1 is 1.07 bits per heavy atom. The minimum atomic E-state index is -6.01. The second kappa shape index (κ2) is 10.2. The summed E-state index contributed by atoms with van der Waals surface area (Å²) in [5.74, 6) is -1.43. The van der Waals surface area contributed by atoms with Gasteiger partial charge in [0.1, 0.15) is 0 Å². The number of carbonyl (C=O) groups excluding carboxylic acids is 1. The number of sulfonamides is 2. The van der Waals surface area contributed by atoms with Crippen molar-refractivity contribution < 1.29 is 39.5 Å². The first kappa shape index (κ1) is 29.1. The predicted molar refractivity (Wildman–Crippen MR) is 108 cm³/mol. The lowest BCUT2D eigenvalue weighted by molar-refractivity contribution is -0.160. The van der Waals surface area contributed by atoms with Crippen molar-refractivity contribution in [2.75, 3.05) is 19.4 Å². The fraction of sp³-hybridized carbons (Fsp3) is 0.944. The molecule has 0 N–H and O–H groups in total. The van der Waals surface area contributed by atoms with Crippen LogP contribution in [-0.2, 0) is 29.6 Å². The average molecular weight is 482 g/mol. The summed E-state index contributed by atoms with van der Waals surface area (Å²) < 4.78 is 88.7. The van der Waals surface area contributed by atoms with Crippen LogP contribution in [0, 0.1) is 16.7 Å². The van der Waals surface area contributed by atoms with Crippen molar-refractivity contribution in [3.63, 3.8) is 0 Å². The van der Waals surface area contributed by atoms with Crippen molar-refractivity contribution in [3.8, 4) is 0 Å². The third-order valence-corrected chi connectivity index (χ3v) is 9.89. The number of hydrogen-bond donors (Lipinski definition) is 0. The summed E-state index contributed by atoms with van der Waals surface area (Å²) in [5.41, 5.74) is -6.68. The summed E-state index contributed by atoms with van der Waals surface area (Å²) in [5, 5.41) is 0. The molecule has 0 aliphatic carbocycles. The van der Waals surface area contributed by atoms with Gasteiger partial charge in [0.15, 0.2) is 0 Å². The lowest BCUT2D eigenvalue weighted by Gasteiger charge is -2.39. The molecule has 0 aliphatic rings. The van der Waals surface area contributed by atoms with E-state index in [9.17, 15) is 34.8 Å². The summed E-state index contributed by atoms with van der Waals surface area (Å²) >= 11 is 0. The molecule has 12 heteroatoms. The molecule has 0 radical (unpaired) electrons. The Labute approximate surface area is 178 Å². The second-order valence-corrected chi connectivity index (χ2v) is 12.9. The first-order valence-corrected chi connectivity index (χ1v) is 12.8. The predicted octanol–water partition coefficient (Wildman–Crippen LogP) is 3.91. The fourth-order valence-electron chi connectivity index (χ4n) is 3.01. The normalized spacial score (nSPS) is 16.9. The average Bonchev–Trinajstić information content (AvgIpc) is 2.62. The summed E-state index contributed by atoms with van der Waals surface area (Å²) in [6.07, 6.45) is 1.78. The molecule has 2 atom stereocenters. The Balaban J connectivity index is 5.15. The molecule has 0 heterocycles. The molecular weight excluding hydrogens is 447 g/mol. The van der Waals surface area contributed by atoms with E-state index in [1.807, 2.05) is 34.6 Å². The van der Waals surface area contributed by atoms with Gasteiger partial charge in [-0.3, -0.25) is 4.79 Å². The monoisotopic (exact) mass is 481 g/mol. The van der Waals surface area contributed by atoms with E-state index in [4.69, 9.17) is 4.74 Å². The van der Waals surface area contributed by atoms with Crippen molar-refractivity contribution in [2.45, 2.75) is 72.7 Å². The number of rotatable bonds is 12. The van der Waals surface area contributed by atoms with Crippen LogP contribution in [0.25, 0.3) is 0 Å². The molecule has 30 heavy (non-hydrogen) atoms. The van der Waals surface area contributed by atoms with Crippen LogP contribution in [0.15, 0.2) is 0 Å². The van der Waals surface area contributed by atoms with Gasteiger partial charge in [-0.15, -0.1) is 0 Å². The molecule has 0 rings (SSSR count). The maximum atomic E-state index is 12.8. The molecule has 0 saturated carbocycles.